The summed E-state index contributed by atoms with van der Waals surface area (Å²) in [6.45, 7) is 3.10. The van der Waals surface area contributed by atoms with Crippen LogP contribution in [0.1, 0.15) is 18.1 Å². The zero-order chi connectivity index (χ0) is 24.6. The Morgan fingerprint density at radius 3 is 2.37 bits per heavy atom. The minimum Gasteiger partial charge on any atom is -0.490 e. The van der Waals surface area contributed by atoms with E-state index in [2.05, 4.69) is 0 Å². The van der Waals surface area contributed by atoms with Crippen molar-refractivity contribution in [3.8, 4) is 17.2 Å². The van der Waals surface area contributed by atoms with E-state index in [0.717, 1.165) is 22.4 Å². The molecule has 35 heavy (non-hydrogen) atoms. The molecule has 6 nitrogen and oxygen atoms in total. The molecule has 0 N–H and O–H groups in total. The lowest BCUT2D eigenvalue weighted by Gasteiger charge is -2.13. The summed E-state index contributed by atoms with van der Waals surface area (Å²) >= 11 is 0.873. The molecule has 0 radical (unpaired) electrons. The fraction of sp³-hybridized carbons (Fsp3) is 0.185. The van der Waals surface area contributed by atoms with Gasteiger partial charge < -0.3 is 14.2 Å². The van der Waals surface area contributed by atoms with Crippen molar-refractivity contribution in [1.82, 2.24) is 4.90 Å². The number of rotatable bonds is 10. The summed E-state index contributed by atoms with van der Waals surface area (Å²) in [4.78, 5) is 26.7. The number of amides is 2. The number of carbonyl (C=O) groups excluding carboxylic acids is 2. The van der Waals surface area contributed by atoms with Gasteiger partial charge in [-0.05, 0) is 72.3 Å². The molecule has 0 unspecified atom stereocenters. The van der Waals surface area contributed by atoms with Crippen LogP contribution in [0.3, 0.4) is 0 Å². The lowest BCUT2D eigenvalue weighted by Crippen LogP contribution is -2.27. The first kappa shape index (κ1) is 24.3. The van der Waals surface area contributed by atoms with Crippen LogP contribution in [-0.4, -0.2) is 35.9 Å². The van der Waals surface area contributed by atoms with Gasteiger partial charge in [0.15, 0.2) is 11.5 Å². The van der Waals surface area contributed by atoms with Gasteiger partial charge in [-0.2, -0.15) is 0 Å². The maximum atomic E-state index is 13.1. The second kappa shape index (κ2) is 11.6. The first-order valence-electron chi connectivity index (χ1n) is 11.1. The molecule has 0 atom stereocenters. The van der Waals surface area contributed by atoms with E-state index in [0.29, 0.717) is 47.4 Å². The topological polar surface area (TPSA) is 65.1 Å². The molecule has 1 fully saturated rings. The first-order chi connectivity index (χ1) is 17.0. The van der Waals surface area contributed by atoms with Gasteiger partial charge in [0, 0.05) is 0 Å². The van der Waals surface area contributed by atoms with E-state index in [1.165, 1.54) is 12.1 Å². The van der Waals surface area contributed by atoms with E-state index < -0.39 is 0 Å². The molecule has 3 aromatic rings. The average Bonchev–Trinajstić information content (AvgIpc) is 3.12. The van der Waals surface area contributed by atoms with Gasteiger partial charge in [0.1, 0.15) is 24.8 Å². The zero-order valence-electron chi connectivity index (χ0n) is 19.1. The number of hydrogen-bond acceptors (Lipinski definition) is 6. The number of para-hydroxylation sites is 1. The number of carbonyl (C=O) groups is 2. The third-order valence-corrected chi connectivity index (χ3v) is 5.95. The number of halogens is 1. The largest absolute Gasteiger partial charge is 0.490 e. The molecule has 4 rings (SSSR count). The van der Waals surface area contributed by atoms with Crippen LogP contribution in [0.5, 0.6) is 17.2 Å². The Balaban J connectivity index is 1.41. The highest BCUT2D eigenvalue weighted by molar-refractivity contribution is 8.18. The van der Waals surface area contributed by atoms with E-state index in [1.807, 2.05) is 37.3 Å². The summed E-state index contributed by atoms with van der Waals surface area (Å²) in [6, 6.07) is 20.5. The lowest BCUT2D eigenvalue weighted by atomic mass is 10.1. The Labute approximate surface area is 207 Å². The Morgan fingerprint density at radius 2 is 1.63 bits per heavy atom. The Bertz CT molecular complexity index is 1210. The molecule has 1 saturated heterocycles. The Kier molecular flexibility index (Phi) is 8.05. The van der Waals surface area contributed by atoms with E-state index in [1.54, 1.807) is 36.4 Å². The molecule has 0 aromatic heterocycles. The highest BCUT2D eigenvalue weighted by Crippen LogP contribution is 2.35. The third-order valence-electron chi connectivity index (χ3n) is 5.05. The molecule has 0 saturated carbocycles. The van der Waals surface area contributed by atoms with E-state index >= 15 is 0 Å². The molecule has 1 heterocycles. The SMILES string of the molecule is CCOc1cc(/C=C2\SC(=O)N(Cc3ccc(F)cc3)C2=O)ccc1OCCOc1ccccc1. The molecular weight excluding hydrogens is 469 g/mol. The smallest absolute Gasteiger partial charge is 0.293 e. The highest BCUT2D eigenvalue weighted by atomic mass is 32.2. The summed E-state index contributed by atoms with van der Waals surface area (Å²) in [5.41, 5.74) is 1.37. The average molecular weight is 494 g/mol. The van der Waals surface area contributed by atoms with Gasteiger partial charge >= 0.3 is 0 Å². The number of hydrogen-bond donors (Lipinski definition) is 0. The predicted octanol–water partition coefficient (Wildman–Crippen LogP) is 5.92. The molecular formula is C27H24FNO5S. The maximum Gasteiger partial charge on any atom is 0.293 e. The molecule has 0 spiro atoms. The van der Waals surface area contributed by atoms with Crippen molar-refractivity contribution in [3.63, 3.8) is 0 Å². The summed E-state index contributed by atoms with van der Waals surface area (Å²) in [5.74, 6) is 1.10. The Morgan fingerprint density at radius 1 is 0.886 bits per heavy atom. The standard InChI is InChI=1S/C27H24FNO5S/c1-2-32-24-16-20(10-13-23(24)34-15-14-33-22-6-4-3-5-7-22)17-25-26(30)29(27(31)35-25)18-19-8-11-21(28)12-9-19/h3-13,16-17H,2,14-15,18H2,1H3/b25-17-. The van der Waals surface area contributed by atoms with Gasteiger partial charge in [-0.15, -0.1) is 0 Å². The van der Waals surface area contributed by atoms with Crippen LogP contribution in [-0.2, 0) is 11.3 Å². The molecule has 2 amide bonds. The fourth-order valence-corrected chi connectivity index (χ4v) is 4.23. The second-order valence-electron chi connectivity index (χ2n) is 7.54. The number of imide groups is 1. The zero-order valence-corrected chi connectivity index (χ0v) is 19.9. The summed E-state index contributed by atoms with van der Waals surface area (Å²) < 4.78 is 30.3. The van der Waals surface area contributed by atoms with E-state index in [9.17, 15) is 14.0 Å². The number of nitrogens with zero attached hydrogens (tertiary/aromatic N) is 1. The van der Waals surface area contributed by atoms with Crippen molar-refractivity contribution in [2.24, 2.45) is 0 Å². The van der Waals surface area contributed by atoms with Crippen LogP contribution in [0.15, 0.2) is 77.7 Å². The van der Waals surface area contributed by atoms with Crippen LogP contribution in [0.4, 0.5) is 9.18 Å². The van der Waals surface area contributed by atoms with Crippen molar-refractivity contribution in [2.75, 3.05) is 19.8 Å². The molecule has 1 aliphatic rings. The van der Waals surface area contributed by atoms with Crippen LogP contribution in [0.25, 0.3) is 6.08 Å². The minimum atomic E-state index is -0.388. The van der Waals surface area contributed by atoms with Gasteiger partial charge in [0.05, 0.1) is 18.1 Å². The molecule has 8 heteroatoms. The quantitative estimate of drug-likeness (QED) is 0.258. The van der Waals surface area contributed by atoms with E-state index in [4.69, 9.17) is 14.2 Å². The maximum absolute atomic E-state index is 13.1. The van der Waals surface area contributed by atoms with Crippen molar-refractivity contribution in [3.05, 3.63) is 94.6 Å². The van der Waals surface area contributed by atoms with Gasteiger partial charge in [-0.3, -0.25) is 14.5 Å². The number of benzene rings is 3. The van der Waals surface area contributed by atoms with Crippen molar-refractivity contribution < 1.29 is 28.2 Å². The minimum absolute atomic E-state index is 0.0876. The lowest BCUT2D eigenvalue weighted by molar-refractivity contribution is -0.123. The van der Waals surface area contributed by atoms with Gasteiger partial charge in [-0.1, -0.05) is 36.4 Å². The van der Waals surface area contributed by atoms with Gasteiger partial charge in [-0.25, -0.2) is 4.39 Å². The molecule has 0 aliphatic carbocycles. The van der Waals surface area contributed by atoms with Crippen LogP contribution in [0, 0.1) is 5.82 Å². The van der Waals surface area contributed by atoms with Crippen molar-refractivity contribution in [1.29, 1.82) is 0 Å². The normalized spacial score (nSPS) is 14.5. The van der Waals surface area contributed by atoms with Gasteiger partial charge in [0.25, 0.3) is 11.1 Å². The van der Waals surface area contributed by atoms with Crippen LogP contribution in [0.2, 0.25) is 0 Å². The summed E-state index contributed by atoms with van der Waals surface area (Å²) in [5, 5.41) is -0.367. The molecule has 1 aliphatic heterocycles. The van der Waals surface area contributed by atoms with Crippen molar-refractivity contribution >= 4 is 29.0 Å². The monoisotopic (exact) mass is 493 g/mol. The second-order valence-corrected chi connectivity index (χ2v) is 8.54. The van der Waals surface area contributed by atoms with Gasteiger partial charge in [0.2, 0.25) is 0 Å². The predicted molar refractivity (Wildman–Crippen MR) is 133 cm³/mol. The molecule has 0 bridgehead atoms. The number of ether oxygens (including phenoxy) is 3. The third kappa shape index (κ3) is 6.42. The number of thioether (sulfide) groups is 1. The van der Waals surface area contributed by atoms with Crippen molar-refractivity contribution in [2.45, 2.75) is 13.5 Å². The molecule has 180 valence electrons. The highest BCUT2D eigenvalue weighted by Gasteiger charge is 2.35. The summed E-state index contributed by atoms with van der Waals surface area (Å²) in [7, 11) is 0. The first-order valence-corrected chi connectivity index (χ1v) is 11.9. The van der Waals surface area contributed by atoms with Crippen LogP contribution >= 0.6 is 11.8 Å². The molecule has 3 aromatic carbocycles. The van der Waals surface area contributed by atoms with Crippen LogP contribution < -0.4 is 14.2 Å². The van der Waals surface area contributed by atoms with E-state index in [-0.39, 0.29) is 23.5 Å². The fourth-order valence-electron chi connectivity index (χ4n) is 3.39. The summed E-state index contributed by atoms with van der Waals surface area (Å²) in [6.07, 6.45) is 1.65. The Hall–Kier alpha value is -3.78.